The number of nitrogens with two attached hydrogens (primary N) is 1. The van der Waals surface area contributed by atoms with Gasteiger partial charge in [-0.2, -0.15) is 0 Å². The molecule has 1 aromatic carbocycles. The molecule has 0 aromatic heterocycles. The summed E-state index contributed by atoms with van der Waals surface area (Å²) in [7, 11) is 1.91. The Balaban J connectivity index is 2.62. The van der Waals surface area contributed by atoms with Crippen LogP contribution in [0.15, 0.2) is 18.2 Å². The molecule has 0 atom stereocenters. The molecule has 0 fully saturated rings. The van der Waals surface area contributed by atoms with Crippen LogP contribution in [0.3, 0.4) is 0 Å². The number of hydrogen-bond donors (Lipinski definition) is 1. The Morgan fingerprint density at radius 1 is 1.44 bits per heavy atom. The topological polar surface area (TPSA) is 38.5 Å². The number of halogens is 1. The molecule has 0 bridgehead atoms. The van der Waals surface area contributed by atoms with Crippen LogP contribution < -0.4 is 10.6 Å². The molecule has 0 heterocycles. The van der Waals surface area contributed by atoms with Crippen LogP contribution in [-0.2, 0) is 11.3 Å². The summed E-state index contributed by atoms with van der Waals surface area (Å²) in [4.78, 5) is 1.96. The second-order valence-corrected chi connectivity index (χ2v) is 3.60. The molecule has 90 valence electrons. The van der Waals surface area contributed by atoms with Gasteiger partial charge in [0, 0.05) is 38.0 Å². The zero-order valence-electron chi connectivity index (χ0n) is 9.87. The average Bonchev–Trinajstić information content (AvgIpc) is 2.29. The fourth-order valence-corrected chi connectivity index (χ4v) is 1.41. The summed E-state index contributed by atoms with van der Waals surface area (Å²) in [5, 5.41) is 0. The molecule has 16 heavy (non-hydrogen) atoms. The number of nitrogens with zero attached hydrogens (tertiary/aromatic N) is 1. The van der Waals surface area contributed by atoms with E-state index in [9.17, 15) is 4.39 Å². The lowest BCUT2D eigenvalue weighted by Crippen LogP contribution is -2.22. The maximum absolute atomic E-state index is 13.5. The van der Waals surface area contributed by atoms with Crippen LogP contribution in [0.2, 0.25) is 0 Å². The summed E-state index contributed by atoms with van der Waals surface area (Å²) < 4.78 is 18.7. The molecule has 0 aliphatic rings. The first kappa shape index (κ1) is 12.9. The van der Waals surface area contributed by atoms with E-state index in [-0.39, 0.29) is 12.4 Å². The van der Waals surface area contributed by atoms with Gasteiger partial charge in [-0.15, -0.1) is 0 Å². The van der Waals surface area contributed by atoms with Gasteiger partial charge in [-0.05, 0) is 19.1 Å². The van der Waals surface area contributed by atoms with Gasteiger partial charge in [0.1, 0.15) is 5.82 Å². The number of ether oxygens (including phenoxy) is 1. The lowest BCUT2D eigenvalue weighted by atomic mass is 10.2. The maximum Gasteiger partial charge on any atom is 0.129 e. The number of likely N-dealkylation sites (N-methyl/N-ethyl adjacent to an activating group) is 1. The van der Waals surface area contributed by atoms with Gasteiger partial charge in [0.2, 0.25) is 0 Å². The summed E-state index contributed by atoms with van der Waals surface area (Å²) in [5.41, 5.74) is 6.79. The first-order chi connectivity index (χ1) is 7.69. The highest BCUT2D eigenvalue weighted by Crippen LogP contribution is 2.17. The molecular formula is C12H19FN2O. The molecule has 3 nitrogen and oxygen atoms in total. The molecule has 2 N–H and O–H groups in total. The van der Waals surface area contributed by atoms with Crippen molar-refractivity contribution in [2.24, 2.45) is 5.73 Å². The van der Waals surface area contributed by atoms with Crippen LogP contribution in [0.5, 0.6) is 0 Å². The van der Waals surface area contributed by atoms with Crippen molar-refractivity contribution in [3.8, 4) is 0 Å². The van der Waals surface area contributed by atoms with Gasteiger partial charge in [-0.3, -0.25) is 0 Å². The largest absolute Gasteiger partial charge is 0.380 e. The Labute approximate surface area is 96.0 Å². The van der Waals surface area contributed by atoms with E-state index in [0.717, 1.165) is 12.2 Å². The minimum atomic E-state index is -0.247. The lowest BCUT2D eigenvalue weighted by molar-refractivity contribution is 0.154. The van der Waals surface area contributed by atoms with Crippen molar-refractivity contribution in [3.63, 3.8) is 0 Å². The highest BCUT2D eigenvalue weighted by Gasteiger charge is 2.05. The molecule has 1 aromatic rings. The van der Waals surface area contributed by atoms with Gasteiger partial charge in [0.15, 0.2) is 0 Å². The predicted molar refractivity (Wildman–Crippen MR) is 64.1 cm³/mol. The molecule has 0 radical (unpaired) electrons. The third-order valence-electron chi connectivity index (χ3n) is 2.47. The van der Waals surface area contributed by atoms with E-state index in [1.54, 1.807) is 6.07 Å². The molecular weight excluding hydrogens is 207 g/mol. The van der Waals surface area contributed by atoms with Crippen LogP contribution in [0.4, 0.5) is 10.1 Å². The molecule has 1 rings (SSSR count). The van der Waals surface area contributed by atoms with Gasteiger partial charge in [0.25, 0.3) is 0 Å². The molecule has 0 amide bonds. The van der Waals surface area contributed by atoms with Gasteiger partial charge < -0.3 is 15.4 Å². The van der Waals surface area contributed by atoms with Crippen LogP contribution in [0, 0.1) is 5.82 Å². The molecule has 0 aliphatic carbocycles. The van der Waals surface area contributed by atoms with Crippen molar-refractivity contribution in [1.82, 2.24) is 0 Å². The molecule has 0 spiro atoms. The van der Waals surface area contributed by atoms with Crippen LogP contribution in [-0.4, -0.2) is 26.8 Å². The lowest BCUT2D eigenvalue weighted by Gasteiger charge is -2.19. The number of rotatable bonds is 6. The zero-order chi connectivity index (χ0) is 12.0. The minimum absolute atomic E-state index is 0.231. The smallest absolute Gasteiger partial charge is 0.129 e. The Morgan fingerprint density at radius 2 is 2.19 bits per heavy atom. The summed E-state index contributed by atoms with van der Waals surface area (Å²) in [6.07, 6.45) is 0. The Kier molecular flexibility index (Phi) is 5.22. The van der Waals surface area contributed by atoms with Crippen LogP contribution in [0.1, 0.15) is 12.5 Å². The van der Waals surface area contributed by atoms with Gasteiger partial charge in [0.05, 0.1) is 6.61 Å². The number of benzene rings is 1. The Morgan fingerprint density at radius 3 is 2.75 bits per heavy atom. The van der Waals surface area contributed by atoms with Gasteiger partial charge in [-0.1, -0.05) is 6.07 Å². The van der Waals surface area contributed by atoms with Crippen molar-refractivity contribution in [3.05, 3.63) is 29.6 Å². The predicted octanol–water partition coefficient (Wildman–Crippen LogP) is 1.76. The standard InChI is InChI=1S/C12H19FN2O/c1-3-16-7-6-15(2)11-5-4-10(9-14)12(13)8-11/h4-5,8H,3,6-7,9,14H2,1-2H3. The van der Waals surface area contributed by atoms with Gasteiger partial charge in [-0.25, -0.2) is 4.39 Å². The van der Waals surface area contributed by atoms with E-state index in [1.165, 1.54) is 6.07 Å². The maximum atomic E-state index is 13.5. The second kappa shape index (κ2) is 6.45. The Bertz CT molecular complexity index is 331. The molecule has 0 aliphatic heterocycles. The van der Waals surface area contributed by atoms with E-state index >= 15 is 0 Å². The SMILES string of the molecule is CCOCCN(C)c1ccc(CN)c(F)c1. The summed E-state index contributed by atoms with van der Waals surface area (Å²) >= 11 is 0. The first-order valence-electron chi connectivity index (χ1n) is 5.46. The number of hydrogen-bond acceptors (Lipinski definition) is 3. The van der Waals surface area contributed by atoms with Crippen molar-refractivity contribution in [1.29, 1.82) is 0 Å². The normalized spacial score (nSPS) is 10.5. The van der Waals surface area contributed by atoms with E-state index in [1.807, 2.05) is 24.9 Å². The van der Waals surface area contributed by atoms with Crippen molar-refractivity contribution in [2.75, 3.05) is 31.7 Å². The van der Waals surface area contributed by atoms with Crippen molar-refractivity contribution >= 4 is 5.69 Å². The van der Waals surface area contributed by atoms with E-state index in [4.69, 9.17) is 10.5 Å². The Hall–Kier alpha value is -1.13. The fraction of sp³-hybridized carbons (Fsp3) is 0.500. The highest BCUT2D eigenvalue weighted by molar-refractivity contribution is 5.47. The number of anilines is 1. The van der Waals surface area contributed by atoms with Crippen molar-refractivity contribution in [2.45, 2.75) is 13.5 Å². The quantitative estimate of drug-likeness (QED) is 0.751. The average molecular weight is 226 g/mol. The van der Waals surface area contributed by atoms with E-state index < -0.39 is 0 Å². The first-order valence-corrected chi connectivity index (χ1v) is 5.46. The van der Waals surface area contributed by atoms with Crippen molar-refractivity contribution < 1.29 is 9.13 Å². The third-order valence-corrected chi connectivity index (χ3v) is 2.47. The molecule has 0 saturated heterocycles. The molecule has 0 unspecified atom stereocenters. The van der Waals surface area contributed by atoms with Gasteiger partial charge >= 0.3 is 0 Å². The second-order valence-electron chi connectivity index (χ2n) is 3.60. The van der Waals surface area contributed by atoms with E-state index in [2.05, 4.69) is 0 Å². The summed E-state index contributed by atoms with van der Waals surface area (Å²) in [6, 6.07) is 5.10. The molecule has 0 saturated carbocycles. The summed E-state index contributed by atoms with van der Waals surface area (Å²) in [6.45, 7) is 4.28. The van der Waals surface area contributed by atoms with Crippen LogP contribution >= 0.6 is 0 Å². The van der Waals surface area contributed by atoms with E-state index in [0.29, 0.717) is 18.8 Å². The highest BCUT2D eigenvalue weighted by atomic mass is 19.1. The fourth-order valence-electron chi connectivity index (χ4n) is 1.41. The third kappa shape index (κ3) is 3.47. The monoisotopic (exact) mass is 226 g/mol. The zero-order valence-corrected chi connectivity index (χ0v) is 9.87. The minimum Gasteiger partial charge on any atom is -0.380 e. The van der Waals surface area contributed by atoms with Crippen LogP contribution in [0.25, 0.3) is 0 Å². The summed E-state index contributed by atoms with van der Waals surface area (Å²) in [5.74, 6) is -0.247. The molecule has 4 heteroatoms.